The van der Waals surface area contributed by atoms with E-state index >= 15 is 0 Å². The van der Waals surface area contributed by atoms with Crippen molar-refractivity contribution in [2.75, 3.05) is 14.2 Å². The van der Waals surface area contributed by atoms with Crippen LogP contribution < -0.4 is 10.1 Å². The number of methoxy groups -OCH3 is 1. The molecule has 2 heteroatoms. The predicted octanol–water partition coefficient (Wildman–Crippen LogP) is 4.26. The lowest BCUT2D eigenvalue weighted by molar-refractivity contribution is 0.405. The van der Waals surface area contributed by atoms with Crippen molar-refractivity contribution in [3.8, 4) is 5.75 Å². The smallest absolute Gasteiger partial charge is 0.123 e. The van der Waals surface area contributed by atoms with E-state index < -0.39 is 0 Å². The van der Waals surface area contributed by atoms with Crippen LogP contribution in [0.2, 0.25) is 0 Å². The van der Waals surface area contributed by atoms with Crippen molar-refractivity contribution >= 4 is 0 Å². The van der Waals surface area contributed by atoms with Gasteiger partial charge in [0.05, 0.1) is 13.2 Å². The topological polar surface area (TPSA) is 21.3 Å². The van der Waals surface area contributed by atoms with Gasteiger partial charge in [-0.1, -0.05) is 55.3 Å². The van der Waals surface area contributed by atoms with E-state index in [1.165, 1.54) is 28.7 Å². The maximum Gasteiger partial charge on any atom is 0.123 e. The molecule has 2 aromatic carbocycles. The lowest BCUT2D eigenvalue weighted by Gasteiger charge is -2.21. The third-order valence-corrected chi connectivity index (χ3v) is 3.81. The van der Waals surface area contributed by atoms with E-state index in [-0.39, 0.29) is 6.04 Å². The van der Waals surface area contributed by atoms with E-state index in [0.717, 1.165) is 12.2 Å². The van der Waals surface area contributed by atoms with Gasteiger partial charge in [0, 0.05) is 5.56 Å². The van der Waals surface area contributed by atoms with Crippen molar-refractivity contribution in [3.05, 3.63) is 64.7 Å². The highest BCUT2D eigenvalue weighted by Crippen LogP contribution is 2.31. The summed E-state index contributed by atoms with van der Waals surface area (Å²) in [4.78, 5) is 0. The Morgan fingerprint density at radius 3 is 2.62 bits per heavy atom. The number of hydrogen-bond acceptors (Lipinski definition) is 2. The Morgan fingerprint density at radius 2 is 1.95 bits per heavy atom. The Kier molecular flexibility index (Phi) is 5.40. The van der Waals surface area contributed by atoms with Gasteiger partial charge in [0.25, 0.3) is 0 Å². The first kappa shape index (κ1) is 15.6. The summed E-state index contributed by atoms with van der Waals surface area (Å²) in [5.74, 6) is 0.931. The molecule has 1 N–H and O–H groups in total. The van der Waals surface area contributed by atoms with Crippen LogP contribution in [0.1, 0.15) is 41.6 Å². The average molecular weight is 283 g/mol. The van der Waals surface area contributed by atoms with E-state index in [0.29, 0.717) is 0 Å². The second kappa shape index (κ2) is 7.28. The summed E-state index contributed by atoms with van der Waals surface area (Å²) in [5, 5.41) is 3.43. The largest absolute Gasteiger partial charge is 0.496 e. The standard InChI is InChI=1S/C19H25NO/c1-5-7-15-8-6-9-16(13-15)19(20-3)17-12-14(2)10-11-18(17)21-4/h6,8-13,19-20H,5,7H2,1-4H3. The fraction of sp³-hybridized carbons (Fsp3) is 0.368. The molecule has 2 rings (SSSR count). The van der Waals surface area contributed by atoms with Gasteiger partial charge in [-0.25, -0.2) is 0 Å². The number of ether oxygens (including phenoxy) is 1. The molecule has 2 aromatic rings. The van der Waals surface area contributed by atoms with Crippen LogP contribution >= 0.6 is 0 Å². The van der Waals surface area contributed by atoms with Gasteiger partial charge in [0.1, 0.15) is 5.75 Å². The lowest BCUT2D eigenvalue weighted by Crippen LogP contribution is -2.18. The molecule has 0 radical (unpaired) electrons. The zero-order valence-corrected chi connectivity index (χ0v) is 13.4. The predicted molar refractivity (Wildman–Crippen MR) is 89.1 cm³/mol. The zero-order valence-electron chi connectivity index (χ0n) is 13.4. The van der Waals surface area contributed by atoms with Gasteiger partial charge in [0.2, 0.25) is 0 Å². The summed E-state index contributed by atoms with van der Waals surface area (Å²) in [7, 11) is 3.73. The number of rotatable bonds is 6. The van der Waals surface area contributed by atoms with E-state index in [1.807, 2.05) is 13.1 Å². The first-order valence-electron chi connectivity index (χ1n) is 7.60. The average Bonchev–Trinajstić information content (AvgIpc) is 2.49. The number of hydrogen-bond donors (Lipinski definition) is 1. The van der Waals surface area contributed by atoms with E-state index in [2.05, 4.69) is 55.6 Å². The van der Waals surface area contributed by atoms with Gasteiger partial charge < -0.3 is 10.1 Å². The van der Waals surface area contributed by atoms with Crippen molar-refractivity contribution in [2.45, 2.75) is 32.7 Å². The number of benzene rings is 2. The van der Waals surface area contributed by atoms with Gasteiger partial charge in [0.15, 0.2) is 0 Å². The Hall–Kier alpha value is -1.80. The summed E-state index contributed by atoms with van der Waals surface area (Å²) in [6.45, 7) is 4.33. The first-order valence-corrected chi connectivity index (χ1v) is 7.60. The molecule has 0 saturated heterocycles. The van der Waals surface area contributed by atoms with Crippen molar-refractivity contribution in [1.82, 2.24) is 5.32 Å². The van der Waals surface area contributed by atoms with Crippen molar-refractivity contribution < 1.29 is 4.74 Å². The molecular formula is C19H25NO. The van der Waals surface area contributed by atoms with Gasteiger partial charge in [-0.3, -0.25) is 0 Å². The minimum atomic E-state index is 0.150. The molecule has 0 saturated carbocycles. The molecule has 0 amide bonds. The van der Waals surface area contributed by atoms with Gasteiger partial charge >= 0.3 is 0 Å². The third-order valence-electron chi connectivity index (χ3n) is 3.81. The maximum absolute atomic E-state index is 5.54. The molecule has 2 nitrogen and oxygen atoms in total. The molecule has 112 valence electrons. The van der Waals surface area contributed by atoms with Crippen LogP contribution in [0, 0.1) is 6.92 Å². The zero-order chi connectivity index (χ0) is 15.2. The van der Waals surface area contributed by atoms with Crippen molar-refractivity contribution in [1.29, 1.82) is 0 Å². The molecule has 0 heterocycles. The first-order chi connectivity index (χ1) is 10.2. The van der Waals surface area contributed by atoms with Crippen LogP contribution in [0.5, 0.6) is 5.75 Å². The highest BCUT2D eigenvalue weighted by molar-refractivity contribution is 5.44. The SMILES string of the molecule is CCCc1cccc(C(NC)c2cc(C)ccc2OC)c1. The Balaban J connectivity index is 2.44. The summed E-state index contributed by atoms with van der Waals surface area (Å²) in [6.07, 6.45) is 2.29. The number of nitrogens with one attached hydrogen (secondary N) is 1. The summed E-state index contributed by atoms with van der Waals surface area (Å²) >= 11 is 0. The molecule has 0 bridgehead atoms. The molecule has 0 fully saturated rings. The van der Waals surface area contributed by atoms with Crippen molar-refractivity contribution in [3.63, 3.8) is 0 Å². The van der Waals surface area contributed by atoms with Crippen molar-refractivity contribution in [2.24, 2.45) is 0 Å². The summed E-state index contributed by atoms with van der Waals surface area (Å²) in [5.41, 5.74) is 5.11. The highest BCUT2D eigenvalue weighted by Gasteiger charge is 2.17. The Bertz CT molecular complexity index is 592. The van der Waals surface area contributed by atoms with Crippen LogP contribution in [0.25, 0.3) is 0 Å². The van der Waals surface area contributed by atoms with Crippen LogP contribution in [0.3, 0.4) is 0 Å². The van der Waals surface area contributed by atoms with Crippen LogP contribution in [0.15, 0.2) is 42.5 Å². The van der Waals surface area contributed by atoms with Crippen LogP contribution in [-0.2, 0) is 6.42 Å². The van der Waals surface area contributed by atoms with Gasteiger partial charge in [-0.15, -0.1) is 0 Å². The molecule has 1 atom stereocenters. The molecule has 0 aliphatic rings. The molecular weight excluding hydrogens is 258 g/mol. The van der Waals surface area contributed by atoms with Gasteiger partial charge in [-0.2, -0.15) is 0 Å². The minimum Gasteiger partial charge on any atom is -0.496 e. The van der Waals surface area contributed by atoms with E-state index in [9.17, 15) is 0 Å². The van der Waals surface area contributed by atoms with Gasteiger partial charge in [-0.05, 0) is 37.6 Å². The molecule has 21 heavy (non-hydrogen) atoms. The Labute approximate surface area is 128 Å². The summed E-state index contributed by atoms with van der Waals surface area (Å²) < 4.78 is 5.54. The normalized spacial score (nSPS) is 12.2. The number of aryl methyl sites for hydroxylation is 2. The monoisotopic (exact) mass is 283 g/mol. The molecule has 0 aromatic heterocycles. The highest BCUT2D eigenvalue weighted by atomic mass is 16.5. The quantitative estimate of drug-likeness (QED) is 0.855. The van der Waals surface area contributed by atoms with E-state index in [4.69, 9.17) is 4.74 Å². The molecule has 0 aliphatic carbocycles. The fourth-order valence-corrected chi connectivity index (χ4v) is 2.80. The minimum absolute atomic E-state index is 0.150. The van der Waals surface area contributed by atoms with E-state index in [1.54, 1.807) is 7.11 Å². The summed E-state index contributed by atoms with van der Waals surface area (Å²) in [6, 6.07) is 15.3. The maximum atomic E-state index is 5.54. The molecule has 1 unspecified atom stereocenters. The molecule has 0 spiro atoms. The second-order valence-electron chi connectivity index (χ2n) is 5.46. The Morgan fingerprint density at radius 1 is 1.14 bits per heavy atom. The fourth-order valence-electron chi connectivity index (χ4n) is 2.80. The second-order valence-corrected chi connectivity index (χ2v) is 5.46. The molecule has 0 aliphatic heterocycles. The lowest BCUT2D eigenvalue weighted by atomic mass is 9.94. The third kappa shape index (κ3) is 3.64. The van der Waals surface area contributed by atoms with Crippen LogP contribution in [0.4, 0.5) is 0 Å². The van der Waals surface area contributed by atoms with Crippen LogP contribution in [-0.4, -0.2) is 14.2 Å².